The number of rotatable bonds is 6. The molecular formula is C14H23NO. The third kappa shape index (κ3) is 2.86. The SMILES string of the molecule is C1=C(CNCC(C2CC2)C2CC2)COCC1. The molecule has 2 saturated carbocycles. The molecule has 1 N–H and O–H groups in total. The third-order valence-corrected chi connectivity index (χ3v) is 4.17. The van der Waals surface area contributed by atoms with E-state index in [1.54, 1.807) is 0 Å². The molecule has 1 aliphatic heterocycles. The van der Waals surface area contributed by atoms with Gasteiger partial charge in [-0.05, 0) is 62.0 Å². The van der Waals surface area contributed by atoms with Crippen molar-refractivity contribution >= 4 is 0 Å². The molecule has 3 rings (SSSR count). The lowest BCUT2D eigenvalue weighted by Gasteiger charge is -2.18. The van der Waals surface area contributed by atoms with Crippen LogP contribution in [0.15, 0.2) is 11.6 Å². The van der Waals surface area contributed by atoms with Crippen LogP contribution >= 0.6 is 0 Å². The van der Waals surface area contributed by atoms with Crippen LogP contribution in [0, 0.1) is 17.8 Å². The van der Waals surface area contributed by atoms with Crippen LogP contribution in [0.25, 0.3) is 0 Å². The Morgan fingerprint density at radius 2 is 2.00 bits per heavy atom. The molecule has 0 atom stereocenters. The summed E-state index contributed by atoms with van der Waals surface area (Å²) < 4.78 is 5.45. The van der Waals surface area contributed by atoms with Gasteiger partial charge in [-0.2, -0.15) is 0 Å². The molecule has 0 saturated heterocycles. The van der Waals surface area contributed by atoms with Gasteiger partial charge in [-0.25, -0.2) is 0 Å². The second kappa shape index (κ2) is 4.89. The van der Waals surface area contributed by atoms with Crippen LogP contribution in [0.2, 0.25) is 0 Å². The van der Waals surface area contributed by atoms with Crippen LogP contribution in [-0.4, -0.2) is 26.3 Å². The minimum atomic E-state index is 0.852. The quantitative estimate of drug-likeness (QED) is 0.695. The number of hydrogen-bond acceptors (Lipinski definition) is 2. The summed E-state index contributed by atoms with van der Waals surface area (Å²) in [7, 11) is 0. The highest BCUT2D eigenvalue weighted by atomic mass is 16.5. The van der Waals surface area contributed by atoms with E-state index in [2.05, 4.69) is 11.4 Å². The van der Waals surface area contributed by atoms with Gasteiger partial charge >= 0.3 is 0 Å². The van der Waals surface area contributed by atoms with Crippen LogP contribution in [0.4, 0.5) is 0 Å². The van der Waals surface area contributed by atoms with Crippen molar-refractivity contribution in [2.45, 2.75) is 32.1 Å². The van der Waals surface area contributed by atoms with Gasteiger partial charge in [-0.3, -0.25) is 0 Å². The number of ether oxygens (including phenoxy) is 1. The summed E-state index contributed by atoms with van der Waals surface area (Å²) in [6, 6.07) is 0. The summed E-state index contributed by atoms with van der Waals surface area (Å²) in [6.07, 6.45) is 9.43. The number of nitrogens with one attached hydrogen (secondary N) is 1. The Morgan fingerprint density at radius 1 is 1.25 bits per heavy atom. The lowest BCUT2D eigenvalue weighted by atomic mass is 9.98. The van der Waals surface area contributed by atoms with E-state index in [9.17, 15) is 0 Å². The van der Waals surface area contributed by atoms with Crippen LogP contribution in [-0.2, 0) is 4.74 Å². The summed E-state index contributed by atoms with van der Waals surface area (Å²) in [4.78, 5) is 0. The molecule has 0 amide bonds. The minimum Gasteiger partial charge on any atom is -0.377 e. The van der Waals surface area contributed by atoms with Crippen molar-refractivity contribution in [3.63, 3.8) is 0 Å². The Kier molecular flexibility index (Phi) is 3.30. The molecule has 2 nitrogen and oxygen atoms in total. The molecule has 0 radical (unpaired) electrons. The van der Waals surface area contributed by atoms with E-state index in [4.69, 9.17) is 4.74 Å². The molecule has 3 aliphatic rings. The second-order valence-electron chi connectivity index (χ2n) is 5.67. The minimum absolute atomic E-state index is 0.852. The zero-order valence-electron chi connectivity index (χ0n) is 10.1. The maximum atomic E-state index is 5.45. The van der Waals surface area contributed by atoms with E-state index < -0.39 is 0 Å². The van der Waals surface area contributed by atoms with Crippen LogP contribution in [0.1, 0.15) is 32.1 Å². The van der Waals surface area contributed by atoms with Crippen molar-refractivity contribution in [2.24, 2.45) is 17.8 Å². The maximum Gasteiger partial charge on any atom is 0.0689 e. The standard InChI is InChI=1S/C14H23NO/c1-2-11(10-16-7-1)8-15-9-14(12-3-4-12)13-5-6-13/h2,12-15H,1,3-10H2. The van der Waals surface area contributed by atoms with Gasteiger partial charge in [0.1, 0.15) is 0 Å². The van der Waals surface area contributed by atoms with E-state index in [0.717, 1.165) is 43.9 Å². The Labute approximate surface area is 98.4 Å². The lowest BCUT2D eigenvalue weighted by molar-refractivity contribution is 0.148. The summed E-state index contributed by atoms with van der Waals surface area (Å²) >= 11 is 0. The van der Waals surface area contributed by atoms with Gasteiger partial charge in [0.2, 0.25) is 0 Å². The summed E-state index contributed by atoms with van der Waals surface area (Å²) in [5, 5.41) is 3.65. The second-order valence-corrected chi connectivity index (χ2v) is 5.67. The largest absolute Gasteiger partial charge is 0.377 e. The van der Waals surface area contributed by atoms with Crippen molar-refractivity contribution in [3.05, 3.63) is 11.6 Å². The van der Waals surface area contributed by atoms with Gasteiger partial charge in [0.05, 0.1) is 13.2 Å². The predicted molar refractivity (Wildman–Crippen MR) is 65.3 cm³/mol. The first-order chi connectivity index (χ1) is 7.93. The van der Waals surface area contributed by atoms with Crippen molar-refractivity contribution in [1.82, 2.24) is 5.32 Å². The van der Waals surface area contributed by atoms with E-state index in [-0.39, 0.29) is 0 Å². The molecule has 2 fully saturated rings. The molecule has 0 aromatic heterocycles. The van der Waals surface area contributed by atoms with Gasteiger partial charge in [0, 0.05) is 6.54 Å². The molecule has 0 aromatic rings. The molecule has 0 spiro atoms. The van der Waals surface area contributed by atoms with Crippen molar-refractivity contribution in [2.75, 3.05) is 26.3 Å². The van der Waals surface area contributed by atoms with Crippen molar-refractivity contribution in [3.8, 4) is 0 Å². The highest BCUT2D eigenvalue weighted by Gasteiger charge is 2.40. The van der Waals surface area contributed by atoms with Gasteiger partial charge in [0.25, 0.3) is 0 Å². The first-order valence-electron chi connectivity index (χ1n) is 6.90. The normalized spacial score (nSPS) is 25.9. The molecule has 1 heterocycles. The third-order valence-electron chi connectivity index (χ3n) is 4.17. The van der Waals surface area contributed by atoms with Crippen LogP contribution < -0.4 is 5.32 Å². The highest BCUT2D eigenvalue weighted by Crippen LogP contribution is 2.48. The average molecular weight is 221 g/mol. The molecule has 16 heavy (non-hydrogen) atoms. The molecule has 2 heteroatoms. The van der Waals surface area contributed by atoms with Crippen molar-refractivity contribution < 1.29 is 4.74 Å². The Balaban J connectivity index is 1.39. The van der Waals surface area contributed by atoms with Gasteiger partial charge < -0.3 is 10.1 Å². The summed E-state index contributed by atoms with van der Waals surface area (Å²) in [5.74, 6) is 3.12. The smallest absolute Gasteiger partial charge is 0.0689 e. The fourth-order valence-electron chi connectivity index (χ4n) is 2.90. The summed E-state index contributed by atoms with van der Waals surface area (Å²) in [5.41, 5.74) is 1.46. The fraction of sp³-hybridized carbons (Fsp3) is 0.857. The molecule has 90 valence electrons. The summed E-state index contributed by atoms with van der Waals surface area (Å²) in [6.45, 7) is 4.06. The highest BCUT2D eigenvalue weighted by molar-refractivity contribution is 5.07. The zero-order valence-corrected chi connectivity index (χ0v) is 10.1. The van der Waals surface area contributed by atoms with Crippen molar-refractivity contribution in [1.29, 1.82) is 0 Å². The molecule has 0 aromatic carbocycles. The van der Waals surface area contributed by atoms with E-state index >= 15 is 0 Å². The molecule has 0 unspecified atom stereocenters. The zero-order chi connectivity index (χ0) is 10.8. The average Bonchev–Trinajstić information content (AvgIpc) is 3.17. The Morgan fingerprint density at radius 3 is 2.56 bits per heavy atom. The topological polar surface area (TPSA) is 21.3 Å². The first kappa shape index (κ1) is 10.8. The van der Waals surface area contributed by atoms with E-state index in [1.807, 2.05) is 0 Å². The van der Waals surface area contributed by atoms with Gasteiger partial charge in [-0.1, -0.05) is 6.08 Å². The van der Waals surface area contributed by atoms with Gasteiger partial charge in [0.15, 0.2) is 0 Å². The lowest BCUT2D eigenvalue weighted by Crippen LogP contribution is -2.28. The first-order valence-corrected chi connectivity index (χ1v) is 6.90. The van der Waals surface area contributed by atoms with Crippen LogP contribution in [0.3, 0.4) is 0 Å². The van der Waals surface area contributed by atoms with Crippen LogP contribution in [0.5, 0.6) is 0 Å². The molecular weight excluding hydrogens is 198 g/mol. The maximum absolute atomic E-state index is 5.45. The predicted octanol–water partition coefficient (Wildman–Crippen LogP) is 2.36. The molecule has 0 bridgehead atoms. The molecule has 2 aliphatic carbocycles. The van der Waals surface area contributed by atoms with E-state index in [1.165, 1.54) is 37.8 Å². The fourth-order valence-corrected chi connectivity index (χ4v) is 2.90. The Hall–Kier alpha value is -0.340. The Bertz CT molecular complexity index is 254. The monoisotopic (exact) mass is 221 g/mol. The van der Waals surface area contributed by atoms with E-state index in [0.29, 0.717) is 0 Å². The van der Waals surface area contributed by atoms with Gasteiger partial charge in [-0.15, -0.1) is 0 Å². The number of hydrogen-bond donors (Lipinski definition) is 1.